The number of hydrogen-bond acceptors (Lipinski definition) is 6. The Morgan fingerprint density at radius 3 is 2.48 bits per heavy atom. The molecule has 0 bridgehead atoms. The number of carbonyl (C=O) groups excluding carboxylic acids is 1. The molecule has 1 aliphatic heterocycles. The van der Waals surface area contributed by atoms with Crippen LogP contribution in [-0.4, -0.2) is 56.9 Å². The number of likely N-dealkylation sites (tertiary alicyclic amines) is 1. The first-order valence-corrected chi connectivity index (χ1v) is 9.99. The van der Waals surface area contributed by atoms with E-state index in [-0.39, 0.29) is 12.0 Å². The first kappa shape index (κ1) is 19.2. The van der Waals surface area contributed by atoms with Gasteiger partial charge in [-0.1, -0.05) is 24.3 Å². The molecule has 3 aromatic heterocycles. The van der Waals surface area contributed by atoms with E-state index in [1.54, 1.807) is 29.1 Å². The predicted octanol–water partition coefficient (Wildman–Crippen LogP) is 2.75. The molecule has 2 N–H and O–H groups in total. The summed E-state index contributed by atoms with van der Waals surface area (Å²) in [6.07, 6.45) is 7.21. The lowest BCUT2D eigenvalue weighted by Crippen LogP contribution is -2.54. The molecule has 31 heavy (non-hydrogen) atoms. The standard InChI is InChI=1S/C23H22N6O2/c1-28-11-17(9-27-28)14-3-5-15(6-4-14)20-10-26-22(24)21-19(20)7-16(8-25-21)23(30)29-12-18(13-29)31-2/h3-11,18H,12-13H2,1-2H3,(H2,24,26). The van der Waals surface area contributed by atoms with E-state index in [0.717, 1.165) is 27.6 Å². The molecule has 0 unspecified atom stereocenters. The highest BCUT2D eigenvalue weighted by Crippen LogP contribution is 2.32. The van der Waals surface area contributed by atoms with Crippen LogP contribution in [0.5, 0.6) is 0 Å². The minimum absolute atomic E-state index is 0.0593. The molecule has 4 heterocycles. The number of hydrogen-bond donors (Lipinski definition) is 1. The Kier molecular flexibility index (Phi) is 4.63. The van der Waals surface area contributed by atoms with Gasteiger partial charge in [-0.15, -0.1) is 0 Å². The summed E-state index contributed by atoms with van der Waals surface area (Å²) in [5.74, 6) is 0.282. The monoisotopic (exact) mass is 414 g/mol. The highest BCUT2D eigenvalue weighted by atomic mass is 16.5. The van der Waals surface area contributed by atoms with Crippen molar-refractivity contribution in [3.8, 4) is 22.3 Å². The van der Waals surface area contributed by atoms with E-state index in [4.69, 9.17) is 10.5 Å². The van der Waals surface area contributed by atoms with Crippen molar-refractivity contribution in [2.75, 3.05) is 25.9 Å². The lowest BCUT2D eigenvalue weighted by molar-refractivity contribution is -0.0192. The fourth-order valence-electron chi connectivity index (χ4n) is 3.83. The van der Waals surface area contributed by atoms with E-state index in [0.29, 0.717) is 30.0 Å². The van der Waals surface area contributed by atoms with Gasteiger partial charge in [-0.05, 0) is 17.2 Å². The summed E-state index contributed by atoms with van der Waals surface area (Å²) in [6.45, 7) is 1.18. The van der Waals surface area contributed by atoms with Gasteiger partial charge in [0.1, 0.15) is 11.3 Å². The Balaban J connectivity index is 1.52. The Hall–Kier alpha value is -3.78. The van der Waals surface area contributed by atoms with E-state index < -0.39 is 0 Å². The highest BCUT2D eigenvalue weighted by Gasteiger charge is 2.31. The van der Waals surface area contributed by atoms with Crippen molar-refractivity contribution >= 4 is 22.6 Å². The Morgan fingerprint density at radius 1 is 1.06 bits per heavy atom. The van der Waals surface area contributed by atoms with Gasteiger partial charge >= 0.3 is 0 Å². The van der Waals surface area contributed by atoms with Crippen molar-refractivity contribution in [1.29, 1.82) is 0 Å². The van der Waals surface area contributed by atoms with Crippen LogP contribution in [0.3, 0.4) is 0 Å². The summed E-state index contributed by atoms with van der Waals surface area (Å²) in [7, 11) is 3.55. The summed E-state index contributed by atoms with van der Waals surface area (Å²) in [4.78, 5) is 23.4. The number of nitrogens with two attached hydrogens (primary N) is 1. The SMILES string of the molecule is COC1CN(C(=O)c2cnc3c(N)ncc(-c4ccc(-c5cnn(C)c5)cc4)c3c2)C1. The number of carbonyl (C=O) groups is 1. The molecule has 0 atom stereocenters. The van der Waals surface area contributed by atoms with Crippen LogP contribution in [0.25, 0.3) is 33.2 Å². The van der Waals surface area contributed by atoms with E-state index in [9.17, 15) is 4.79 Å². The number of amides is 1. The molecule has 1 aliphatic rings. The van der Waals surface area contributed by atoms with Crippen molar-refractivity contribution < 1.29 is 9.53 Å². The number of aromatic nitrogens is 4. The third-order valence-electron chi connectivity index (χ3n) is 5.70. The molecule has 0 saturated carbocycles. The molecule has 5 rings (SSSR count). The van der Waals surface area contributed by atoms with Crippen LogP contribution in [0.15, 0.2) is 55.1 Å². The Labute approximate surface area is 179 Å². The maximum atomic E-state index is 12.8. The van der Waals surface area contributed by atoms with Crippen LogP contribution in [0.1, 0.15) is 10.4 Å². The number of ether oxygens (including phenoxy) is 1. The molecule has 0 spiro atoms. The molecule has 8 nitrogen and oxygen atoms in total. The summed E-state index contributed by atoms with van der Waals surface area (Å²) in [5.41, 5.74) is 11.2. The quantitative estimate of drug-likeness (QED) is 0.551. The number of nitrogens with zero attached hydrogens (tertiary/aromatic N) is 5. The number of pyridine rings is 2. The summed E-state index contributed by atoms with van der Waals surface area (Å²) < 4.78 is 7.04. The van der Waals surface area contributed by atoms with Crippen molar-refractivity contribution in [2.24, 2.45) is 7.05 Å². The van der Waals surface area contributed by atoms with Gasteiger partial charge in [0, 0.05) is 62.4 Å². The molecule has 0 radical (unpaired) electrons. The molecule has 8 heteroatoms. The number of nitrogen functional groups attached to an aromatic ring is 1. The van der Waals surface area contributed by atoms with Crippen molar-refractivity contribution in [3.63, 3.8) is 0 Å². The zero-order valence-electron chi connectivity index (χ0n) is 17.3. The van der Waals surface area contributed by atoms with Gasteiger partial charge in [-0.25, -0.2) is 4.98 Å². The number of fused-ring (bicyclic) bond motifs is 1. The number of aryl methyl sites for hydroxylation is 1. The van der Waals surface area contributed by atoms with Crippen LogP contribution >= 0.6 is 0 Å². The van der Waals surface area contributed by atoms with Crippen molar-refractivity contribution in [2.45, 2.75) is 6.10 Å². The number of anilines is 1. The van der Waals surface area contributed by atoms with Gasteiger partial charge in [0.15, 0.2) is 0 Å². The highest BCUT2D eigenvalue weighted by molar-refractivity contribution is 6.04. The number of methoxy groups -OCH3 is 1. The summed E-state index contributed by atoms with van der Waals surface area (Å²) >= 11 is 0. The second kappa shape index (κ2) is 7.48. The van der Waals surface area contributed by atoms with E-state index in [1.165, 1.54) is 0 Å². The number of rotatable bonds is 4. The van der Waals surface area contributed by atoms with Gasteiger partial charge in [-0.2, -0.15) is 5.10 Å². The molecular formula is C23H22N6O2. The Morgan fingerprint density at radius 2 is 1.81 bits per heavy atom. The average molecular weight is 414 g/mol. The summed E-state index contributed by atoms with van der Waals surface area (Å²) in [6, 6.07) is 10.0. The van der Waals surface area contributed by atoms with Crippen LogP contribution in [0, 0.1) is 0 Å². The Bertz CT molecular complexity index is 1280. The fourth-order valence-corrected chi connectivity index (χ4v) is 3.83. The molecule has 4 aromatic rings. The van der Waals surface area contributed by atoms with Gasteiger partial charge in [0.2, 0.25) is 0 Å². The van der Waals surface area contributed by atoms with E-state index in [1.807, 2.05) is 49.8 Å². The molecular weight excluding hydrogens is 392 g/mol. The maximum absolute atomic E-state index is 12.8. The third kappa shape index (κ3) is 3.40. The largest absolute Gasteiger partial charge is 0.382 e. The topological polar surface area (TPSA) is 99.2 Å². The van der Waals surface area contributed by atoms with Gasteiger partial charge < -0.3 is 15.4 Å². The van der Waals surface area contributed by atoms with Gasteiger partial charge in [0.05, 0.1) is 17.9 Å². The van der Waals surface area contributed by atoms with Crippen molar-refractivity contribution in [1.82, 2.24) is 24.6 Å². The van der Waals surface area contributed by atoms with E-state index in [2.05, 4.69) is 15.1 Å². The maximum Gasteiger partial charge on any atom is 0.255 e. The molecule has 1 amide bonds. The minimum Gasteiger partial charge on any atom is -0.382 e. The second-order valence-electron chi connectivity index (χ2n) is 7.73. The van der Waals surface area contributed by atoms with Gasteiger partial charge in [-0.3, -0.25) is 14.5 Å². The van der Waals surface area contributed by atoms with Gasteiger partial charge in [0.25, 0.3) is 5.91 Å². The van der Waals surface area contributed by atoms with Crippen LogP contribution in [0.4, 0.5) is 5.82 Å². The second-order valence-corrected chi connectivity index (χ2v) is 7.73. The van der Waals surface area contributed by atoms with Crippen LogP contribution in [0.2, 0.25) is 0 Å². The normalized spacial score (nSPS) is 14.1. The van der Waals surface area contributed by atoms with E-state index >= 15 is 0 Å². The first-order valence-electron chi connectivity index (χ1n) is 9.99. The first-order chi connectivity index (χ1) is 15.0. The predicted molar refractivity (Wildman–Crippen MR) is 118 cm³/mol. The lowest BCUT2D eigenvalue weighted by Gasteiger charge is -2.38. The smallest absolute Gasteiger partial charge is 0.255 e. The molecule has 1 aromatic carbocycles. The summed E-state index contributed by atoms with van der Waals surface area (Å²) in [5, 5.41) is 5.03. The minimum atomic E-state index is -0.0593. The molecule has 156 valence electrons. The fraction of sp³-hybridized carbons (Fsp3) is 0.217. The van der Waals surface area contributed by atoms with Crippen molar-refractivity contribution in [3.05, 3.63) is 60.7 Å². The number of benzene rings is 1. The zero-order chi connectivity index (χ0) is 21.5. The molecule has 1 saturated heterocycles. The lowest BCUT2D eigenvalue weighted by atomic mass is 9.99. The third-order valence-corrected chi connectivity index (χ3v) is 5.70. The molecule has 0 aliphatic carbocycles. The zero-order valence-corrected chi connectivity index (χ0v) is 17.3. The molecule has 1 fully saturated rings. The van der Waals surface area contributed by atoms with Crippen LogP contribution < -0.4 is 5.73 Å². The average Bonchev–Trinajstić information content (AvgIpc) is 3.19. The van der Waals surface area contributed by atoms with Crippen LogP contribution in [-0.2, 0) is 11.8 Å².